The van der Waals surface area contributed by atoms with E-state index in [2.05, 4.69) is 4.83 Å². The quantitative estimate of drug-likeness (QED) is 0.839. The number of nitrogens with one attached hydrogen (secondary N) is 1. The van der Waals surface area contributed by atoms with Gasteiger partial charge >= 0.3 is 0 Å². The highest BCUT2D eigenvalue weighted by Gasteiger charge is 2.22. The molecule has 0 saturated carbocycles. The van der Waals surface area contributed by atoms with Crippen molar-refractivity contribution in [3.05, 3.63) is 28.8 Å². The summed E-state index contributed by atoms with van der Waals surface area (Å²) in [6.45, 7) is 1.68. The molecule has 1 saturated heterocycles. The minimum Gasteiger partial charge on any atom is -0.392 e. The van der Waals surface area contributed by atoms with Crippen LogP contribution in [0.3, 0.4) is 0 Å². The van der Waals surface area contributed by atoms with E-state index in [1.807, 2.05) is 0 Å². The lowest BCUT2D eigenvalue weighted by Gasteiger charge is -2.26. The van der Waals surface area contributed by atoms with Gasteiger partial charge < -0.3 is 9.84 Å². The van der Waals surface area contributed by atoms with Gasteiger partial charge in [-0.2, -0.15) is 0 Å². The number of halogens is 1. The van der Waals surface area contributed by atoms with Crippen LogP contribution in [0.25, 0.3) is 0 Å². The van der Waals surface area contributed by atoms with E-state index in [1.165, 1.54) is 12.1 Å². The van der Waals surface area contributed by atoms with Crippen molar-refractivity contribution >= 4 is 21.6 Å². The molecule has 19 heavy (non-hydrogen) atoms. The number of aliphatic hydroxyl groups is 1. The van der Waals surface area contributed by atoms with Crippen molar-refractivity contribution in [3.8, 4) is 0 Å². The third-order valence-electron chi connectivity index (χ3n) is 2.73. The standard InChI is InChI=1S/C11H15ClN2O4S/c12-10-2-1-9(8-15)7-11(10)19(16,17)13-14-3-5-18-6-4-14/h1-2,7,13,15H,3-6,8H2. The number of hydrazine groups is 1. The van der Waals surface area contributed by atoms with Crippen LogP contribution in [0.15, 0.2) is 23.1 Å². The van der Waals surface area contributed by atoms with Crippen LogP contribution < -0.4 is 4.83 Å². The summed E-state index contributed by atoms with van der Waals surface area (Å²) >= 11 is 5.91. The first-order valence-electron chi connectivity index (χ1n) is 5.77. The van der Waals surface area contributed by atoms with Crippen LogP contribution in [0.1, 0.15) is 5.56 Å². The first-order valence-corrected chi connectivity index (χ1v) is 7.63. The summed E-state index contributed by atoms with van der Waals surface area (Å²) in [7, 11) is -3.75. The highest BCUT2D eigenvalue weighted by molar-refractivity contribution is 7.89. The monoisotopic (exact) mass is 306 g/mol. The number of benzene rings is 1. The Bertz CT molecular complexity index is 544. The van der Waals surface area contributed by atoms with E-state index < -0.39 is 10.0 Å². The van der Waals surface area contributed by atoms with Gasteiger partial charge in [-0.05, 0) is 17.7 Å². The van der Waals surface area contributed by atoms with Gasteiger partial charge in [0.2, 0.25) is 0 Å². The van der Waals surface area contributed by atoms with Crippen LogP contribution in [-0.2, 0) is 21.4 Å². The first kappa shape index (κ1) is 14.7. The molecule has 0 aliphatic carbocycles. The van der Waals surface area contributed by atoms with Gasteiger partial charge in [-0.3, -0.25) is 0 Å². The maximum Gasteiger partial charge on any atom is 0.254 e. The highest BCUT2D eigenvalue weighted by Crippen LogP contribution is 2.22. The second-order valence-corrected chi connectivity index (χ2v) is 6.15. The number of nitrogens with zero attached hydrogens (tertiary/aromatic N) is 1. The Balaban J connectivity index is 2.23. The minimum atomic E-state index is -3.75. The number of ether oxygens (including phenoxy) is 1. The molecule has 1 fully saturated rings. The zero-order valence-electron chi connectivity index (χ0n) is 10.2. The molecular weight excluding hydrogens is 292 g/mol. The molecule has 106 valence electrons. The molecule has 0 bridgehead atoms. The Morgan fingerprint density at radius 2 is 2.05 bits per heavy atom. The maximum absolute atomic E-state index is 12.2. The van der Waals surface area contributed by atoms with E-state index in [0.29, 0.717) is 31.9 Å². The molecule has 1 aromatic rings. The van der Waals surface area contributed by atoms with Crippen LogP contribution in [0.4, 0.5) is 0 Å². The van der Waals surface area contributed by atoms with Crippen LogP contribution in [0, 0.1) is 0 Å². The Kier molecular flexibility index (Phi) is 4.77. The average molecular weight is 307 g/mol. The summed E-state index contributed by atoms with van der Waals surface area (Å²) in [6, 6.07) is 4.40. The number of sulfonamides is 1. The number of aliphatic hydroxyl groups excluding tert-OH is 1. The molecule has 0 aromatic heterocycles. The summed E-state index contributed by atoms with van der Waals surface area (Å²) in [5.74, 6) is 0. The van der Waals surface area contributed by atoms with Crippen molar-refractivity contribution in [1.29, 1.82) is 0 Å². The molecule has 6 nitrogen and oxygen atoms in total. The van der Waals surface area contributed by atoms with E-state index in [0.717, 1.165) is 0 Å². The van der Waals surface area contributed by atoms with Crippen LogP contribution in [0.2, 0.25) is 5.02 Å². The molecule has 1 aliphatic rings. The van der Waals surface area contributed by atoms with E-state index in [-0.39, 0.29) is 16.5 Å². The van der Waals surface area contributed by atoms with Crippen molar-refractivity contribution in [1.82, 2.24) is 9.84 Å². The minimum absolute atomic E-state index is 0.0350. The highest BCUT2D eigenvalue weighted by atomic mass is 35.5. The van der Waals surface area contributed by atoms with Crippen LogP contribution in [-0.4, -0.2) is 44.8 Å². The summed E-state index contributed by atoms with van der Waals surface area (Å²) in [5, 5.41) is 10.7. The Labute approximate surface area is 117 Å². The molecule has 0 atom stereocenters. The second kappa shape index (κ2) is 6.17. The van der Waals surface area contributed by atoms with Gasteiger partial charge in [0.1, 0.15) is 4.90 Å². The fourth-order valence-corrected chi connectivity index (χ4v) is 3.40. The number of rotatable bonds is 4. The fourth-order valence-electron chi connectivity index (χ4n) is 1.73. The zero-order chi connectivity index (χ0) is 13.9. The average Bonchev–Trinajstić information content (AvgIpc) is 2.39. The van der Waals surface area contributed by atoms with Crippen molar-refractivity contribution in [3.63, 3.8) is 0 Å². The molecule has 0 amide bonds. The van der Waals surface area contributed by atoms with Gasteiger partial charge in [0, 0.05) is 13.1 Å². The van der Waals surface area contributed by atoms with Crippen molar-refractivity contribution < 1.29 is 18.3 Å². The maximum atomic E-state index is 12.2. The molecular formula is C11H15ClN2O4S. The number of hydrogen-bond acceptors (Lipinski definition) is 5. The van der Waals surface area contributed by atoms with E-state index in [4.69, 9.17) is 21.4 Å². The van der Waals surface area contributed by atoms with E-state index in [1.54, 1.807) is 11.1 Å². The van der Waals surface area contributed by atoms with Gasteiger partial charge in [0.05, 0.1) is 24.8 Å². The summed E-state index contributed by atoms with van der Waals surface area (Å²) in [5.41, 5.74) is 0.492. The Hall–Kier alpha value is -0.700. The number of hydrogen-bond donors (Lipinski definition) is 2. The van der Waals surface area contributed by atoms with Crippen molar-refractivity contribution in [2.75, 3.05) is 26.3 Å². The lowest BCUT2D eigenvalue weighted by Crippen LogP contribution is -2.48. The molecule has 0 spiro atoms. The molecule has 1 heterocycles. The van der Waals surface area contributed by atoms with Gasteiger partial charge in [0.25, 0.3) is 10.0 Å². The van der Waals surface area contributed by atoms with Crippen molar-refractivity contribution in [2.45, 2.75) is 11.5 Å². The van der Waals surface area contributed by atoms with Crippen molar-refractivity contribution in [2.24, 2.45) is 0 Å². The van der Waals surface area contributed by atoms with Gasteiger partial charge in [-0.1, -0.05) is 17.7 Å². The normalized spacial score (nSPS) is 17.6. The predicted molar refractivity (Wildman–Crippen MR) is 70.1 cm³/mol. The zero-order valence-corrected chi connectivity index (χ0v) is 11.7. The molecule has 0 unspecified atom stereocenters. The molecule has 8 heteroatoms. The fraction of sp³-hybridized carbons (Fsp3) is 0.455. The van der Waals surface area contributed by atoms with E-state index in [9.17, 15) is 8.42 Å². The lowest BCUT2D eigenvalue weighted by atomic mass is 10.2. The SMILES string of the molecule is O=S(=O)(NN1CCOCC1)c1cc(CO)ccc1Cl. The molecule has 1 aliphatic heterocycles. The second-order valence-electron chi connectivity index (χ2n) is 4.12. The van der Waals surface area contributed by atoms with Crippen LogP contribution in [0.5, 0.6) is 0 Å². The number of morpholine rings is 1. The Morgan fingerprint density at radius 1 is 1.37 bits per heavy atom. The summed E-state index contributed by atoms with van der Waals surface area (Å²) in [6.07, 6.45) is 0. The Morgan fingerprint density at radius 3 is 2.68 bits per heavy atom. The molecule has 2 rings (SSSR count). The smallest absolute Gasteiger partial charge is 0.254 e. The largest absolute Gasteiger partial charge is 0.392 e. The molecule has 2 N–H and O–H groups in total. The summed E-state index contributed by atoms with van der Waals surface area (Å²) < 4.78 is 29.6. The topological polar surface area (TPSA) is 78.9 Å². The predicted octanol–water partition coefficient (Wildman–Crippen LogP) is 0.358. The molecule has 0 radical (unpaired) electrons. The van der Waals surface area contributed by atoms with Gasteiger partial charge in [-0.15, -0.1) is 4.83 Å². The summed E-state index contributed by atoms with van der Waals surface area (Å²) in [4.78, 5) is 2.43. The lowest BCUT2D eigenvalue weighted by molar-refractivity contribution is 0.0272. The first-order chi connectivity index (χ1) is 9.03. The van der Waals surface area contributed by atoms with Gasteiger partial charge in [-0.25, -0.2) is 13.4 Å². The van der Waals surface area contributed by atoms with Crippen LogP contribution >= 0.6 is 11.6 Å². The van der Waals surface area contributed by atoms with Gasteiger partial charge in [0.15, 0.2) is 0 Å². The third kappa shape index (κ3) is 3.65. The third-order valence-corrected chi connectivity index (χ3v) is 4.59. The molecule has 1 aromatic carbocycles. The van der Waals surface area contributed by atoms with E-state index >= 15 is 0 Å².